The van der Waals surface area contributed by atoms with Crippen LogP contribution in [0.15, 0.2) is 97.6 Å². The molecule has 0 radical (unpaired) electrons. The van der Waals surface area contributed by atoms with Crippen LogP contribution in [-0.2, 0) is 51.1 Å². The van der Waals surface area contributed by atoms with Crippen LogP contribution >= 0.6 is 46.4 Å². The Labute approximate surface area is 509 Å². The SMILES string of the molecule is CN1Cc2c(Cl)cc(Cl)cc2[C@H](c2cccc(-c3cnc(NCCOCCOCCOCCNC(=O)[C@H](O)[C@@H](O)C(=O)NCCOCCOCCOCCNc4ncc(-c5cccc([C@@H]6CN(C)Cc7c(Cl)cc(Cl)cc76)c5)cn4)nc3)c2)C1. The largest absolute Gasteiger partial charge is 0.380 e. The van der Waals surface area contributed by atoms with E-state index in [2.05, 4.69) is 89.4 Å². The van der Waals surface area contributed by atoms with Crippen LogP contribution in [0.1, 0.15) is 45.2 Å². The van der Waals surface area contributed by atoms with E-state index in [1.165, 1.54) is 11.1 Å². The fraction of sp³-hybridized carbons (Fsp3) is 0.433. The number of amides is 2. The van der Waals surface area contributed by atoms with Crippen molar-refractivity contribution in [2.45, 2.75) is 37.1 Å². The van der Waals surface area contributed by atoms with E-state index in [4.69, 9.17) is 74.8 Å². The second-order valence-electron chi connectivity index (χ2n) is 20.3. The summed E-state index contributed by atoms with van der Waals surface area (Å²) in [6, 6.07) is 24.5. The van der Waals surface area contributed by atoms with Gasteiger partial charge in [0.05, 0.1) is 79.3 Å². The molecule has 4 heterocycles. The summed E-state index contributed by atoms with van der Waals surface area (Å²) in [6.07, 6.45) is 3.25. The zero-order valence-corrected chi connectivity index (χ0v) is 50.1. The van der Waals surface area contributed by atoms with E-state index in [9.17, 15) is 19.8 Å². The summed E-state index contributed by atoms with van der Waals surface area (Å²) in [5.74, 6) is -0.592. The van der Waals surface area contributed by atoms with Gasteiger partial charge in [0.2, 0.25) is 11.9 Å². The number of benzene rings is 4. The first kappa shape index (κ1) is 64.3. The molecule has 2 aromatic heterocycles. The van der Waals surface area contributed by atoms with Crippen molar-refractivity contribution in [3.63, 3.8) is 0 Å². The molecular weight excluding hydrogens is 1160 g/mol. The van der Waals surface area contributed by atoms with Crippen LogP contribution in [0.3, 0.4) is 0 Å². The molecule has 0 spiro atoms. The third-order valence-electron chi connectivity index (χ3n) is 14.0. The molecule has 0 saturated heterocycles. The van der Waals surface area contributed by atoms with Gasteiger partial charge in [0.25, 0.3) is 11.8 Å². The third-order valence-corrected chi connectivity index (χ3v) is 15.1. The third kappa shape index (κ3) is 19.2. The van der Waals surface area contributed by atoms with Gasteiger partial charge in [0.1, 0.15) is 0 Å². The Kier molecular flexibility index (Phi) is 25.5. The zero-order valence-electron chi connectivity index (χ0n) is 47.0. The lowest BCUT2D eigenvalue weighted by molar-refractivity contribution is -0.146. The first-order chi connectivity index (χ1) is 40.8. The molecule has 20 nitrogen and oxygen atoms in total. The highest BCUT2D eigenvalue weighted by Gasteiger charge is 2.31. The van der Waals surface area contributed by atoms with Gasteiger partial charge in [-0.25, -0.2) is 19.9 Å². The highest BCUT2D eigenvalue weighted by Crippen LogP contribution is 2.41. The normalized spacial score (nSPS) is 15.9. The predicted molar refractivity (Wildman–Crippen MR) is 324 cm³/mol. The van der Waals surface area contributed by atoms with E-state index in [1.54, 1.807) is 36.9 Å². The molecule has 2 aliphatic heterocycles. The average Bonchev–Trinajstić information content (AvgIpc) is 3.70. The van der Waals surface area contributed by atoms with Crippen LogP contribution in [0.25, 0.3) is 22.3 Å². The molecule has 0 saturated carbocycles. The van der Waals surface area contributed by atoms with Gasteiger partial charge >= 0.3 is 0 Å². The average molecular weight is 1240 g/mol. The number of fused-ring (bicyclic) bond motifs is 2. The summed E-state index contributed by atoms with van der Waals surface area (Å²) in [5, 5.41) is 34.3. The standard InChI is InChI=1S/C60H72Cl4N10O10/c1-73-35-49(47-27-45(61)29-53(63)51(47)37-73)41-7-3-5-39(25-41)43-31-69-59(70-32-43)67-11-15-81-19-23-83-21-17-79-13-9-65-57(77)55(75)56(76)58(78)66-10-14-80-18-22-84-24-20-82-16-12-68-60-71-33-44(34-72-60)40-6-4-8-42(26-40)50-36-74(2)38-52-48(50)28-46(62)30-54(52)64/h3-8,25-34,49-50,55-56,75-76H,9-24,35-38H2,1-2H3,(H,65,77)(H,66,78)(H,67,69,70)(H,68,71,72)/t49-,50-,55+,56+/m0/s1. The molecule has 4 aromatic carbocycles. The second-order valence-corrected chi connectivity index (χ2v) is 21.9. The van der Waals surface area contributed by atoms with Crippen molar-refractivity contribution >= 4 is 70.1 Å². The predicted octanol–water partition coefficient (Wildman–Crippen LogP) is 6.95. The second kappa shape index (κ2) is 33.3. The number of anilines is 2. The zero-order chi connectivity index (χ0) is 59.2. The fourth-order valence-corrected chi connectivity index (χ4v) is 10.9. The number of hydrogen-bond donors (Lipinski definition) is 6. The molecule has 84 heavy (non-hydrogen) atoms. The summed E-state index contributed by atoms with van der Waals surface area (Å²) in [5.41, 5.74) is 10.7. The minimum atomic E-state index is -1.97. The van der Waals surface area contributed by atoms with Crippen molar-refractivity contribution in [2.24, 2.45) is 0 Å². The summed E-state index contributed by atoms with van der Waals surface area (Å²) in [4.78, 5) is 47.2. The summed E-state index contributed by atoms with van der Waals surface area (Å²) < 4.78 is 33.3. The first-order valence-electron chi connectivity index (χ1n) is 27.8. The van der Waals surface area contributed by atoms with Gasteiger partial charge in [-0.3, -0.25) is 9.59 Å². The molecule has 0 fully saturated rings. The Morgan fingerprint density at radius 3 is 1.21 bits per heavy atom. The van der Waals surface area contributed by atoms with E-state index < -0.39 is 24.0 Å². The molecule has 2 aliphatic rings. The molecule has 0 unspecified atom stereocenters. The van der Waals surface area contributed by atoms with Gasteiger partial charge in [0.15, 0.2) is 12.2 Å². The lowest BCUT2D eigenvalue weighted by Crippen LogP contribution is -2.50. The lowest BCUT2D eigenvalue weighted by atomic mass is 9.84. The maximum Gasteiger partial charge on any atom is 0.252 e. The number of aromatic nitrogens is 4. The molecule has 0 bridgehead atoms. The van der Waals surface area contributed by atoms with Crippen LogP contribution in [-0.4, -0.2) is 197 Å². The van der Waals surface area contributed by atoms with Crippen molar-refractivity contribution < 1.29 is 48.2 Å². The van der Waals surface area contributed by atoms with Crippen molar-refractivity contribution in [1.82, 2.24) is 40.4 Å². The fourth-order valence-electron chi connectivity index (χ4n) is 9.81. The number of ether oxygens (including phenoxy) is 6. The van der Waals surface area contributed by atoms with Crippen LogP contribution in [0.4, 0.5) is 11.9 Å². The number of halogens is 4. The van der Waals surface area contributed by atoms with Gasteiger partial charge in [-0.1, -0.05) is 94.9 Å². The Bertz CT molecular complexity index is 2860. The van der Waals surface area contributed by atoms with E-state index >= 15 is 0 Å². The quantitative estimate of drug-likeness (QED) is 0.0229. The monoisotopic (exact) mass is 1230 g/mol. The smallest absolute Gasteiger partial charge is 0.252 e. The minimum absolute atomic E-state index is 0.0473. The Balaban J connectivity index is 0.576. The van der Waals surface area contributed by atoms with Crippen LogP contribution in [0.5, 0.6) is 0 Å². The number of aliphatic hydroxyl groups is 2. The van der Waals surface area contributed by atoms with Gasteiger partial charge in [-0.15, -0.1) is 0 Å². The number of nitrogens with zero attached hydrogens (tertiary/aromatic N) is 6. The van der Waals surface area contributed by atoms with Gasteiger partial charge < -0.3 is 69.7 Å². The number of hydrogen-bond acceptors (Lipinski definition) is 18. The van der Waals surface area contributed by atoms with Crippen LogP contribution < -0.4 is 21.3 Å². The number of aliphatic hydroxyl groups excluding tert-OH is 2. The molecule has 2 amide bonds. The number of nitrogens with one attached hydrogen (secondary N) is 4. The van der Waals surface area contributed by atoms with E-state index in [1.807, 2.05) is 36.4 Å². The van der Waals surface area contributed by atoms with Crippen molar-refractivity contribution in [1.29, 1.82) is 0 Å². The summed E-state index contributed by atoms with van der Waals surface area (Å²) >= 11 is 26.0. The minimum Gasteiger partial charge on any atom is -0.380 e. The van der Waals surface area contributed by atoms with Crippen molar-refractivity contribution in [3.8, 4) is 22.3 Å². The molecule has 0 aliphatic carbocycles. The number of rotatable bonds is 33. The lowest BCUT2D eigenvalue weighted by Gasteiger charge is -2.33. The van der Waals surface area contributed by atoms with Crippen molar-refractivity contribution in [2.75, 3.05) is 143 Å². The molecule has 4 atom stereocenters. The number of carbonyl (C=O) groups excluding carboxylic acids is 2. The first-order valence-corrected chi connectivity index (χ1v) is 29.4. The van der Waals surface area contributed by atoms with Gasteiger partial charge in [-0.05, 0) is 82.9 Å². The summed E-state index contributed by atoms with van der Waals surface area (Å²) in [7, 11) is 4.19. The molecule has 24 heteroatoms. The Hall–Kier alpha value is -5.66. The van der Waals surface area contributed by atoms with Crippen LogP contribution in [0, 0.1) is 0 Å². The van der Waals surface area contributed by atoms with E-state index in [-0.39, 0.29) is 51.4 Å². The van der Waals surface area contributed by atoms with Gasteiger partial charge in [-0.2, -0.15) is 0 Å². The van der Waals surface area contributed by atoms with Gasteiger partial charge in [0, 0.05) is 120 Å². The maximum absolute atomic E-state index is 12.3. The van der Waals surface area contributed by atoms with Crippen LogP contribution in [0.2, 0.25) is 20.1 Å². The molecule has 6 aromatic rings. The molecule has 8 rings (SSSR count). The Morgan fingerprint density at radius 1 is 0.500 bits per heavy atom. The molecule has 6 N–H and O–H groups in total. The van der Waals surface area contributed by atoms with E-state index in [0.29, 0.717) is 97.9 Å². The highest BCUT2D eigenvalue weighted by molar-refractivity contribution is 6.35. The molecule has 450 valence electrons. The van der Waals surface area contributed by atoms with E-state index in [0.717, 1.165) is 70.7 Å². The summed E-state index contributed by atoms with van der Waals surface area (Å²) in [6.45, 7) is 8.02. The molecular formula is C60H72Cl4N10O10. The van der Waals surface area contributed by atoms with Crippen molar-refractivity contribution in [3.05, 3.63) is 151 Å². The topological polar surface area (TPSA) is 236 Å². The Morgan fingerprint density at radius 2 is 0.845 bits per heavy atom. The highest BCUT2D eigenvalue weighted by atomic mass is 35.5. The maximum atomic E-state index is 12.3. The number of likely N-dealkylation sites (N-methyl/N-ethyl adjacent to an activating group) is 2. The number of carbonyl (C=O) groups is 2.